The smallest absolute Gasteiger partial charge is 0.314 e. The first-order valence-corrected chi connectivity index (χ1v) is 7.26. The summed E-state index contributed by atoms with van der Waals surface area (Å²) in [4.78, 5) is 12.3. The van der Waals surface area contributed by atoms with Crippen LogP contribution in [0.25, 0.3) is 0 Å². The molecule has 0 amide bonds. The Morgan fingerprint density at radius 2 is 1.79 bits per heavy atom. The molecule has 0 bridgehead atoms. The van der Waals surface area contributed by atoms with Gasteiger partial charge in [-0.2, -0.15) is 0 Å². The van der Waals surface area contributed by atoms with Crippen molar-refractivity contribution in [2.24, 2.45) is 5.73 Å². The first kappa shape index (κ1) is 14.1. The van der Waals surface area contributed by atoms with Crippen molar-refractivity contribution in [3.05, 3.63) is 35.9 Å². The van der Waals surface area contributed by atoms with Gasteiger partial charge in [-0.05, 0) is 31.2 Å². The van der Waals surface area contributed by atoms with Gasteiger partial charge in [-0.25, -0.2) is 0 Å². The first-order chi connectivity index (χ1) is 9.31. The Kier molecular flexibility index (Phi) is 5.40. The highest BCUT2D eigenvalue weighted by Crippen LogP contribution is 2.23. The molecule has 104 valence electrons. The molecule has 1 aliphatic carbocycles. The molecular formula is C16H23NO2. The third-order valence-corrected chi connectivity index (χ3v) is 3.81. The number of hydrogen-bond donors (Lipinski definition) is 1. The van der Waals surface area contributed by atoms with Crippen LogP contribution >= 0.6 is 0 Å². The summed E-state index contributed by atoms with van der Waals surface area (Å²) in [5.41, 5.74) is 6.69. The molecule has 1 aliphatic rings. The molecule has 0 aromatic heterocycles. The molecule has 0 spiro atoms. The van der Waals surface area contributed by atoms with Crippen molar-refractivity contribution in [2.75, 3.05) is 6.54 Å². The molecule has 0 saturated heterocycles. The molecule has 3 heteroatoms. The maximum absolute atomic E-state index is 12.3. The van der Waals surface area contributed by atoms with E-state index in [0.29, 0.717) is 6.54 Å². The molecule has 0 aliphatic heterocycles. The van der Waals surface area contributed by atoms with E-state index in [1.54, 1.807) is 0 Å². The second-order valence-electron chi connectivity index (χ2n) is 5.25. The van der Waals surface area contributed by atoms with Crippen LogP contribution in [0.4, 0.5) is 0 Å². The van der Waals surface area contributed by atoms with Crippen LogP contribution in [0.1, 0.15) is 50.0 Å². The third-order valence-electron chi connectivity index (χ3n) is 3.81. The second kappa shape index (κ2) is 7.29. The first-order valence-electron chi connectivity index (χ1n) is 7.26. The molecule has 2 rings (SSSR count). The number of ether oxygens (including phenoxy) is 1. The lowest BCUT2D eigenvalue weighted by Crippen LogP contribution is -2.27. The van der Waals surface area contributed by atoms with Crippen molar-refractivity contribution in [3.63, 3.8) is 0 Å². The Labute approximate surface area is 115 Å². The maximum atomic E-state index is 12.3. The van der Waals surface area contributed by atoms with E-state index in [0.717, 1.165) is 31.2 Å². The second-order valence-corrected chi connectivity index (χ2v) is 5.25. The summed E-state index contributed by atoms with van der Waals surface area (Å²) in [5, 5.41) is 0. The Hall–Kier alpha value is -1.35. The summed E-state index contributed by atoms with van der Waals surface area (Å²) in [6.07, 6.45) is 6.93. The minimum atomic E-state index is -0.329. The van der Waals surface area contributed by atoms with Crippen molar-refractivity contribution in [2.45, 2.75) is 50.5 Å². The van der Waals surface area contributed by atoms with E-state index >= 15 is 0 Å². The Morgan fingerprint density at radius 3 is 2.37 bits per heavy atom. The predicted octanol–water partition coefficient (Wildman–Crippen LogP) is 2.99. The molecule has 3 nitrogen and oxygen atoms in total. The molecule has 1 aromatic carbocycles. The Bertz CT molecular complexity index is 383. The van der Waals surface area contributed by atoms with Crippen LogP contribution in [0, 0.1) is 0 Å². The van der Waals surface area contributed by atoms with Gasteiger partial charge in [0.15, 0.2) is 0 Å². The third kappa shape index (κ3) is 4.06. The molecule has 1 saturated carbocycles. The molecule has 1 fully saturated rings. The number of esters is 1. The highest BCUT2D eigenvalue weighted by molar-refractivity contribution is 5.78. The number of rotatable bonds is 4. The van der Waals surface area contributed by atoms with Crippen molar-refractivity contribution in [1.29, 1.82) is 0 Å². The summed E-state index contributed by atoms with van der Waals surface area (Å²) in [7, 11) is 0. The molecule has 2 N–H and O–H groups in total. The fourth-order valence-corrected chi connectivity index (χ4v) is 2.66. The zero-order valence-electron chi connectivity index (χ0n) is 11.4. The summed E-state index contributed by atoms with van der Waals surface area (Å²) in [5.74, 6) is -0.495. The van der Waals surface area contributed by atoms with Crippen LogP contribution in [0.5, 0.6) is 0 Å². The average molecular weight is 261 g/mol. The van der Waals surface area contributed by atoms with Gasteiger partial charge in [0.2, 0.25) is 0 Å². The van der Waals surface area contributed by atoms with Crippen LogP contribution in [0.15, 0.2) is 30.3 Å². The standard InChI is InChI=1S/C16H23NO2/c17-12-15(13-8-4-3-5-9-13)16(18)19-14-10-6-1-2-7-11-14/h3-5,8-9,14-15H,1-2,6-7,10-12,17H2. The summed E-state index contributed by atoms with van der Waals surface area (Å²) < 4.78 is 5.66. The minimum absolute atomic E-state index is 0.0905. The zero-order valence-corrected chi connectivity index (χ0v) is 11.4. The monoisotopic (exact) mass is 261 g/mol. The molecule has 0 heterocycles. The van der Waals surface area contributed by atoms with Crippen LogP contribution in [-0.4, -0.2) is 18.6 Å². The fourth-order valence-electron chi connectivity index (χ4n) is 2.66. The quantitative estimate of drug-likeness (QED) is 0.669. The van der Waals surface area contributed by atoms with E-state index in [1.807, 2.05) is 30.3 Å². The van der Waals surface area contributed by atoms with Gasteiger partial charge in [-0.1, -0.05) is 43.2 Å². The van der Waals surface area contributed by atoms with Gasteiger partial charge >= 0.3 is 5.97 Å². The van der Waals surface area contributed by atoms with Crippen LogP contribution in [0.3, 0.4) is 0 Å². The van der Waals surface area contributed by atoms with Gasteiger partial charge in [0.1, 0.15) is 6.10 Å². The van der Waals surface area contributed by atoms with E-state index < -0.39 is 0 Å². The molecule has 1 aromatic rings. The normalized spacial score (nSPS) is 18.6. The van der Waals surface area contributed by atoms with Crippen molar-refractivity contribution in [3.8, 4) is 0 Å². The van der Waals surface area contributed by atoms with Gasteiger partial charge in [0, 0.05) is 6.54 Å². The highest BCUT2D eigenvalue weighted by atomic mass is 16.5. The summed E-state index contributed by atoms with van der Waals surface area (Å²) in [6.45, 7) is 0.301. The molecule has 0 radical (unpaired) electrons. The van der Waals surface area contributed by atoms with Gasteiger partial charge in [-0.15, -0.1) is 0 Å². The van der Waals surface area contributed by atoms with Crippen LogP contribution in [0.2, 0.25) is 0 Å². The molecule has 1 unspecified atom stereocenters. The lowest BCUT2D eigenvalue weighted by molar-refractivity contribution is -0.151. The Morgan fingerprint density at radius 1 is 1.16 bits per heavy atom. The zero-order chi connectivity index (χ0) is 13.5. The minimum Gasteiger partial charge on any atom is -0.462 e. The SMILES string of the molecule is NCC(C(=O)OC1CCCCCC1)c1ccccc1. The van der Waals surface area contributed by atoms with E-state index in [-0.39, 0.29) is 18.0 Å². The number of carbonyl (C=O) groups excluding carboxylic acids is 1. The largest absolute Gasteiger partial charge is 0.462 e. The maximum Gasteiger partial charge on any atom is 0.314 e. The van der Waals surface area contributed by atoms with Gasteiger partial charge < -0.3 is 10.5 Å². The van der Waals surface area contributed by atoms with Crippen LogP contribution in [-0.2, 0) is 9.53 Å². The number of carbonyl (C=O) groups is 1. The fraction of sp³-hybridized carbons (Fsp3) is 0.562. The summed E-state index contributed by atoms with van der Waals surface area (Å²) in [6, 6.07) is 9.67. The van der Waals surface area contributed by atoms with Gasteiger partial charge in [0.05, 0.1) is 5.92 Å². The Balaban J connectivity index is 1.96. The van der Waals surface area contributed by atoms with Crippen molar-refractivity contribution in [1.82, 2.24) is 0 Å². The highest BCUT2D eigenvalue weighted by Gasteiger charge is 2.24. The number of benzene rings is 1. The summed E-state index contributed by atoms with van der Waals surface area (Å²) >= 11 is 0. The van der Waals surface area contributed by atoms with Crippen LogP contribution < -0.4 is 5.73 Å². The predicted molar refractivity (Wildman–Crippen MR) is 75.8 cm³/mol. The topological polar surface area (TPSA) is 52.3 Å². The van der Waals surface area contributed by atoms with E-state index in [4.69, 9.17) is 10.5 Å². The number of nitrogens with two attached hydrogens (primary N) is 1. The van der Waals surface area contributed by atoms with E-state index in [1.165, 1.54) is 12.8 Å². The molecular weight excluding hydrogens is 238 g/mol. The van der Waals surface area contributed by atoms with Crippen molar-refractivity contribution >= 4 is 5.97 Å². The van der Waals surface area contributed by atoms with Gasteiger partial charge in [-0.3, -0.25) is 4.79 Å². The lowest BCUT2D eigenvalue weighted by atomic mass is 9.99. The van der Waals surface area contributed by atoms with Gasteiger partial charge in [0.25, 0.3) is 0 Å². The molecule has 19 heavy (non-hydrogen) atoms. The van der Waals surface area contributed by atoms with E-state index in [9.17, 15) is 4.79 Å². The average Bonchev–Trinajstić information content (AvgIpc) is 2.69. The van der Waals surface area contributed by atoms with E-state index in [2.05, 4.69) is 0 Å². The lowest BCUT2D eigenvalue weighted by Gasteiger charge is -2.20. The van der Waals surface area contributed by atoms with Crippen molar-refractivity contribution < 1.29 is 9.53 Å². The number of hydrogen-bond acceptors (Lipinski definition) is 3. The molecule has 1 atom stereocenters.